The van der Waals surface area contributed by atoms with Crippen LogP contribution in [0.1, 0.15) is 45.2 Å². The van der Waals surface area contributed by atoms with Gasteiger partial charge in [-0.15, -0.1) is 0 Å². The van der Waals surface area contributed by atoms with E-state index in [2.05, 4.69) is 61.6 Å². The summed E-state index contributed by atoms with van der Waals surface area (Å²) in [7, 11) is 0. The quantitative estimate of drug-likeness (QED) is 0.917. The molecular weight excluding hydrogens is 296 g/mol. The summed E-state index contributed by atoms with van der Waals surface area (Å²) in [5.41, 5.74) is 1.33. The van der Waals surface area contributed by atoms with E-state index in [9.17, 15) is 4.79 Å². The number of carbonyl (C=O) groups excluding carboxylic acids is 1. The number of nitrogens with zero attached hydrogens (tertiary/aromatic N) is 1. The predicted octanol–water partition coefficient (Wildman–Crippen LogP) is 4.14. The Labute approximate surface area is 145 Å². The van der Waals surface area contributed by atoms with Crippen molar-refractivity contribution in [3.05, 3.63) is 48.0 Å². The van der Waals surface area contributed by atoms with E-state index in [1.165, 1.54) is 16.3 Å². The van der Waals surface area contributed by atoms with Gasteiger partial charge in [0, 0.05) is 32.1 Å². The number of fused-ring (bicyclic) bond motifs is 1. The molecule has 0 saturated carbocycles. The lowest BCUT2D eigenvalue weighted by atomic mass is 9.88. The molecule has 2 aromatic rings. The second-order valence-corrected chi connectivity index (χ2v) is 7.02. The fourth-order valence-electron chi connectivity index (χ4n) is 3.85. The molecule has 1 aliphatic rings. The van der Waals surface area contributed by atoms with Crippen LogP contribution in [0.5, 0.6) is 0 Å². The van der Waals surface area contributed by atoms with Gasteiger partial charge in [0.15, 0.2) is 0 Å². The Morgan fingerprint density at radius 3 is 2.71 bits per heavy atom. The summed E-state index contributed by atoms with van der Waals surface area (Å²) in [6, 6.07) is 16.0. The molecule has 1 amide bonds. The summed E-state index contributed by atoms with van der Waals surface area (Å²) in [6.07, 6.45) is 2.14. The van der Waals surface area contributed by atoms with Crippen molar-refractivity contribution in [3.8, 4) is 0 Å². The van der Waals surface area contributed by atoms with Gasteiger partial charge >= 0.3 is 0 Å². The predicted molar refractivity (Wildman–Crippen MR) is 99.9 cm³/mol. The van der Waals surface area contributed by atoms with Gasteiger partial charge in [0.2, 0.25) is 5.91 Å². The number of nitrogens with one attached hydrogen (secondary N) is 1. The first-order chi connectivity index (χ1) is 11.6. The molecule has 0 bridgehead atoms. The van der Waals surface area contributed by atoms with Gasteiger partial charge in [-0.05, 0) is 41.7 Å². The zero-order valence-electron chi connectivity index (χ0n) is 15.0. The highest BCUT2D eigenvalue weighted by molar-refractivity contribution is 5.83. The monoisotopic (exact) mass is 324 g/mol. The van der Waals surface area contributed by atoms with E-state index in [0.717, 1.165) is 25.9 Å². The van der Waals surface area contributed by atoms with Crippen molar-refractivity contribution in [2.45, 2.75) is 45.7 Å². The van der Waals surface area contributed by atoms with Crippen LogP contribution < -0.4 is 5.32 Å². The lowest BCUT2D eigenvalue weighted by Crippen LogP contribution is -2.50. The minimum atomic E-state index is 0.203. The Hall–Kier alpha value is -1.87. The summed E-state index contributed by atoms with van der Waals surface area (Å²) < 4.78 is 0. The van der Waals surface area contributed by atoms with E-state index in [0.29, 0.717) is 18.0 Å². The van der Waals surface area contributed by atoms with Gasteiger partial charge in [0.05, 0.1) is 0 Å². The van der Waals surface area contributed by atoms with E-state index in [1.54, 1.807) is 6.92 Å². The van der Waals surface area contributed by atoms with E-state index >= 15 is 0 Å². The Balaban J connectivity index is 1.70. The van der Waals surface area contributed by atoms with Crippen molar-refractivity contribution in [3.63, 3.8) is 0 Å². The number of carbonyl (C=O) groups is 1. The van der Waals surface area contributed by atoms with E-state index < -0.39 is 0 Å². The van der Waals surface area contributed by atoms with E-state index in [1.807, 2.05) is 4.90 Å². The molecule has 1 heterocycles. The molecule has 1 saturated heterocycles. The highest BCUT2D eigenvalue weighted by Crippen LogP contribution is 2.25. The number of hydrogen-bond acceptors (Lipinski definition) is 2. The van der Waals surface area contributed by atoms with Crippen LogP contribution in [-0.2, 0) is 4.79 Å². The number of amides is 1. The highest BCUT2D eigenvalue weighted by atomic mass is 16.2. The van der Waals surface area contributed by atoms with E-state index in [4.69, 9.17) is 0 Å². The Bertz CT molecular complexity index is 712. The van der Waals surface area contributed by atoms with Gasteiger partial charge in [0.1, 0.15) is 0 Å². The zero-order valence-corrected chi connectivity index (χ0v) is 15.0. The molecule has 1 aliphatic heterocycles. The van der Waals surface area contributed by atoms with Crippen molar-refractivity contribution in [2.75, 3.05) is 13.1 Å². The highest BCUT2D eigenvalue weighted by Gasteiger charge is 2.30. The maximum atomic E-state index is 11.6. The first-order valence-corrected chi connectivity index (χ1v) is 9.08. The molecule has 3 nitrogen and oxygen atoms in total. The fraction of sp³-hybridized carbons (Fsp3) is 0.476. The first kappa shape index (κ1) is 17.0. The topological polar surface area (TPSA) is 32.3 Å². The van der Waals surface area contributed by atoms with Gasteiger partial charge in [-0.25, -0.2) is 0 Å². The van der Waals surface area contributed by atoms with Crippen molar-refractivity contribution < 1.29 is 4.79 Å². The molecule has 128 valence electrons. The molecule has 0 aliphatic carbocycles. The van der Waals surface area contributed by atoms with Crippen LogP contribution >= 0.6 is 0 Å². The Morgan fingerprint density at radius 1 is 1.25 bits per heavy atom. The molecule has 2 aromatic carbocycles. The first-order valence-electron chi connectivity index (χ1n) is 9.08. The van der Waals surface area contributed by atoms with Gasteiger partial charge in [0.25, 0.3) is 0 Å². The average Bonchev–Trinajstić information content (AvgIpc) is 2.61. The fourth-order valence-corrected chi connectivity index (χ4v) is 3.85. The SMILES string of the molecule is CC[C@@H]1CN(C(C)=O)CC[C@H]1N[C@H](C)c1ccc2ccccc2c1. The molecule has 0 unspecified atom stereocenters. The molecule has 3 heteroatoms. The van der Waals surface area contributed by atoms with Crippen LogP contribution in [0.4, 0.5) is 0 Å². The maximum Gasteiger partial charge on any atom is 0.219 e. The standard InChI is InChI=1S/C21H28N2O/c1-4-17-14-23(16(3)24)12-11-21(17)22-15(2)19-10-9-18-7-5-6-8-20(18)13-19/h5-10,13,15,17,21-22H,4,11-12,14H2,1-3H3/t15-,17-,21-/m1/s1. The molecule has 1 fully saturated rings. The summed E-state index contributed by atoms with van der Waals surface area (Å²) in [4.78, 5) is 13.6. The van der Waals surface area contributed by atoms with Crippen molar-refractivity contribution in [1.29, 1.82) is 0 Å². The molecule has 0 radical (unpaired) electrons. The normalized spacial score (nSPS) is 22.5. The largest absolute Gasteiger partial charge is 0.343 e. The number of piperidine rings is 1. The molecule has 3 rings (SSSR count). The molecule has 3 atom stereocenters. The van der Waals surface area contributed by atoms with Crippen LogP contribution in [0.2, 0.25) is 0 Å². The van der Waals surface area contributed by atoms with Crippen LogP contribution in [-0.4, -0.2) is 29.9 Å². The Kier molecular flexibility index (Phi) is 5.20. The summed E-state index contributed by atoms with van der Waals surface area (Å²) >= 11 is 0. The number of rotatable bonds is 4. The molecule has 0 aromatic heterocycles. The van der Waals surface area contributed by atoms with Gasteiger partial charge in [-0.3, -0.25) is 4.79 Å². The van der Waals surface area contributed by atoms with Crippen molar-refractivity contribution in [1.82, 2.24) is 10.2 Å². The summed E-state index contributed by atoms with van der Waals surface area (Å²) in [5.74, 6) is 0.736. The number of hydrogen-bond donors (Lipinski definition) is 1. The van der Waals surface area contributed by atoms with Crippen LogP contribution in [0.25, 0.3) is 10.8 Å². The summed E-state index contributed by atoms with van der Waals surface area (Å²) in [5, 5.41) is 6.40. The Morgan fingerprint density at radius 2 is 2.00 bits per heavy atom. The van der Waals surface area contributed by atoms with E-state index in [-0.39, 0.29) is 5.91 Å². The van der Waals surface area contributed by atoms with Crippen molar-refractivity contribution >= 4 is 16.7 Å². The van der Waals surface area contributed by atoms with Crippen LogP contribution in [0, 0.1) is 5.92 Å². The molecule has 0 spiro atoms. The smallest absolute Gasteiger partial charge is 0.219 e. The number of likely N-dealkylation sites (tertiary alicyclic amines) is 1. The molecular formula is C21H28N2O. The maximum absolute atomic E-state index is 11.6. The third-order valence-corrected chi connectivity index (χ3v) is 5.44. The minimum absolute atomic E-state index is 0.203. The molecule has 1 N–H and O–H groups in total. The lowest BCUT2D eigenvalue weighted by molar-refractivity contribution is -0.131. The third-order valence-electron chi connectivity index (χ3n) is 5.44. The second-order valence-electron chi connectivity index (χ2n) is 7.02. The van der Waals surface area contributed by atoms with Crippen LogP contribution in [0.15, 0.2) is 42.5 Å². The zero-order chi connectivity index (χ0) is 17.1. The van der Waals surface area contributed by atoms with Gasteiger partial charge < -0.3 is 10.2 Å². The average molecular weight is 324 g/mol. The second kappa shape index (κ2) is 7.35. The van der Waals surface area contributed by atoms with Gasteiger partial charge in [-0.1, -0.05) is 49.7 Å². The number of benzene rings is 2. The summed E-state index contributed by atoms with van der Waals surface area (Å²) in [6.45, 7) is 7.90. The minimum Gasteiger partial charge on any atom is -0.343 e. The van der Waals surface area contributed by atoms with Crippen LogP contribution in [0.3, 0.4) is 0 Å². The van der Waals surface area contributed by atoms with Gasteiger partial charge in [-0.2, -0.15) is 0 Å². The van der Waals surface area contributed by atoms with Crippen molar-refractivity contribution in [2.24, 2.45) is 5.92 Å². The lowest BCUT2D eigenvalue weighted by Gasteiger charge is -2.39. The third kappa shape index (κ3) is 3.62. The molecule has 24 heavy (non-hydrogen) atoms.